The monoisotopic (exact) mass is 608 g/mol. The Bertz CT molecular complexity index is 1790. The summed E-state index contributed by atoms with van der Waals surface area (Å²) >= 11 is 4.82. The van der Waals surface area contributed by atoms with Crippen LogP contribution >= 0.6 is 20.8 Å². The predicted molar refractivity (Wildman–Crippen MR) is 184 cm³/mol. The van der Waals surface area contributed by atoms with E-state index < -0.39 is 5.31 Å². The van der Waals surface area contributed by atoms with Gasteiger partial charge < -0.3 is 0 Å². The van der Waals surface area contributed by atoms with Crippen LogP contribution in [0.2, 0.25) is 0 Å². The average Bonchev–Trinajstić information content (AvgIpc) is 3.06. The van der Waals surface area contributed by atoms with E-state index in [4.69, 9.17) is 15.5 Å². The first-order chi connectivity index (χ1) is 20.2. The van der Waals surface area contributed by atoms with Crippen LogP contribution in [0.4, 0.5) is 0 Å². The van der Waals surface area contributed by atoms with Gasteiger partial charge in [-0.2, -0.15) is 0 Å². The van der Waals surface area contributed by atoms with Gasteiger partial charge in [-0.25, -0.2) is 0 Å². The van der Waals surface area contributed by atoms with E-state index >= 15 is 0 Å². The van der Waals surface area contributed by atoms with E-state index in [1.807, 2.05) is 0 Å². The molecular weight excluding hydrogens is 579 g/mol. The van der Waals surface area contributed by atoms with Crippen LogP contribution in [0, 0.1) is 0 Å². The van der Waals surface area contributed by atoms with Crippen molar-refractivity contribution in [2.75, 3.05) is 0 Å². The molecule has 0 saturated heterocycles. The van der Waals surface area contributed by atoms with Gasteiger partial charge in [0.1, 0.15) is 0 Å². The van der Waals surface area contributed by atoms with Gasteiger partial charge in [0, 0.05) is 0 Å². The van der Waals surface area contributed by atoms with Crippen LogP contribution < -0.4 is 15.9 Å². The second-order valence-corrected chi connectivity index (χ2v) is 19.3. The van der Waals surface area contributed by atoms with Gasteiger partial charge in [0.15, 0.2) is 0 Å². The fourth-order valence-corrected chi connectivity index (χ4v) is 15.6. The van der Waals surface area contributed by atoms with E-state index in [1.165, 1.54) is 48.6 Å². The van der Waals surface area contributed by atoms with Crippen molar-refractivity contribution in [2.24, 2.45) is 0 Å². The Balaban J connectivity index is 1.68. The third-order valence-electron chi connectivity index (χ3n) is 8.45. The van der Waals surface area contributed by atoms with Gasteiger partial charge >= 0.3 is 251 Å². The minimum atomic E-state index is -3.44. The Morgan fingerprint density at radius 1 is 0.341 bits per heavy atom. The third kappa shape index (κ3) is 4.15. The minimum absolute atomic E-state index is 0.00223. The van der Waals surface area contributed by atoms with Crippen LogP contribution in [-0.2, 0) is 0 Å². The maximum absolute atomic E-state index is 4.82. The van der Waals surface area contributed by atoms with Crippen LogP contribution in [0.3, 0.4) is 0 Å². The van der Waals surface area contributed by atoms with Crippen molar-refractivity contribution in [1.29, 1.82) is 0 Å². The molecule has 0 unspecified atom stereocenters. The predicted octanol–water partition coefficient (Wildman–Crippen LogP) is 9.92. The molecule has 198 valence electrons. The van der Waals surface area contributed by atoms with Gasteiger partial charge in [-0.3, -0.25) is 0 Å². The molecule has 0 nitrogen and oxygen atoms in total. The molecule has 0 radical (unpaired) electrons. The van der Waals surface area contributed by atoms with Crippen LogP contribution in [-0.4, -0.2) is 0 Å². The SMILES string of the molecule is BrP(c1ccccc1)(c1ccccc1)(c1ccccc1)C(c1ccc2ccccc2c1)c1ccc2ccccc2c1. The summed E-state index contributed by atoms with van der Waals surface area (Å²) in [4.78, 5) is 0. The van der Waals surface area contributed by atoms with Crippen LogP contribution in [0.15, 0.2) is 176 Å². The van der Waals surface area contributed by atoms with Gasteiger partial charge in [0.2, 0.25) is 0 Å². The number of fused-ring (bicyclic) bond motifs is 2. The molecule has 0 aliphatic carbocycles. The average molecular weight is 610 g/mol. The summed E-state index contributed by atoms with van der Waals surface area (Å²) in [5.74, 6) is 0. The Morgan fingerprint density at radius 2 is 0.659 bits per heavy atom. The first-order valence-electron chi connectivity index (χ1n) is 14.0. The van der Waals surface area contributed by atoms with E-state index in [0.29, 0.717) is 0 Å². The summed E-state index contributed by atoms with van der Waals surface area (Å²) in [6, 6.07) is 64.8. The molecular formula is C39H30BrP. The van der Waals surface area contributed by atoms with Crippen molar-refractivity contribution in [3.8, 4) is 0 Å². The number of rotatable bonds is 6. The second-order valence-electron chi connectivity index (χ2n) is 10.7. The van der Waals surface area contributed by atoms with Gasteiger partial charge in [-0.15, -0.1) is 0 Å². The molecule has 41 heavy (non-hydrogen) atoms. The van der Waals surface area contributed by atoms with Crippen LogP contribution in [0.1, 0.15) is 16.8 Å². The summed E-state index contributed by atoms with van der Waals surface area (Å²) < 4.78 is 0. The number of benzene rings is 7. The second kappa shape index (κ2) is 10.4. The number of halogens is 1. The Labute approximate surface area is 250 Å². The van der Waals surface area contributed by atoms with Gasteiger partial charge in [-0.05, 0) is 0 Å². The van der Waals surface area contributed by atoms with Crippen molar-refractivity contribution in [1.82, 2.24) is 0 Å². The standard InChI is InChI=1S/C39H30BrP/c40-41(36-18-4-1-5-19-36,37-20-6-2-7-21-37,38-22-8-3-9-23-38)39(34-26-24-30-14-10-12-16-32(30)28-34)35-27-25-31-15-11-13-17-33(31)29-35/h1-29,39H. The summed E-state index contributed by atoms with van der Waals surface area (Å²) in [7, 11) is 0. The molecule has 0 aliphatic heterocycles. The first kappa shape index (κ1) is 25.9. The Kier molecular flexibility index (Phi) is 6.58. The molecule has 0 atom stereocenters. The number of hydrogen-bond donors (Lipinski definition) is 0. The molecule has 0 aromatic heterocycles. The first-order valence-corrected chi connectivity index (χ1v) is 18.4. The van der Waals surface area contributed by atoms with E-state index in [0.717, 1.165) is 0 Å². The number of hydrogen-bond acceptors (Lipinski definition) is 0. The van der Waals surface area contributed by atoms with Gasteiger partial charge in [0.05, 0.1) is 0 Å². The van der Waals surface area contributed by atoms with E-state index in [-0.39, 0.29) is 5.66 Å². The van der Waals surface area contributed by atoms with Crippen LogP contribution in [0.5, 0.6) is 0 Å². The molecule has 0 amide bonds. The summed E-state index contributed by atoms with van der Waals surface area (Å²) in [5, 5.41) is 5.50. The van der Waals surface area contributed by atoms with Crippen molar-refractivity contribution in [3.05, 3.63) is 187 Å². The van der Waals surface area contributed by atoms with Crippen molar-refractivity contribution in [2.45, 2.75) is 5.66 Å². The van der Waals surface area contributed by atoms with Crippen molar-refractivity contribution >= 4 is 58.3 Å². The molecule has 7 rings (SSSR count). The van der Waals surface area contributed by atoms with Crippen molar-refractivity contribution in [3.63, 3.8) is 0 Å². The molecule has 0 aliphatic rings. The fraction of sp³-hybridized carbons (Fsp3) is 0.0256. The molecule has 7 aromatic rings. The third-order valence-corrected chi connectivity index (χ3v) is 18.9. The Morgan fingerprint density at radius 3 is 1.02 bits per heavy atom. The van der Waals surface area contributed by atoms with E-state index in [1.54, 1.807) is 0 Å². The quantitative estimate of drug-likeness (QED) is 0.165. The summed E-state index contributed by atoms with van der Waals surface area (Å²) in [5.41, 5.74) is 2.59. The molecule has 0 heterocycles. The normalized spacial score (nSPS) is 12.8. The van der Waals surface area contributed by atoms with E-state index in [2.05, 4.69) is 176 Å². The van der Waals surface area contributed by atoms with Gasteiger partial charge in [0.25, 0.3) is 0 Å². The molecule has 7 aromatic carbocycles. The molecule has 0 saturated carbocycles. The molecule has 0 N–H and O–H groups in total. The van der Waals surface area contributed by atoms with Crippen molar-refractivity contribution < 1.29 is 0 Å². The zero-order valence-electron chi connectivity index (χ0n) is 22.6. The molecule has 2 heteroatoms. The molecule has 0 fully saturated rings. The van der Waals surface area contributed by atoms with Gasteiger partial charge in [-0.1, -0.05) is 0 Å². The fourth-order valence-electron chi connectivity index (χ4n) is 6.56. The zero-order chi connectivity index (χ0) is 27.7. The summed E-state index contributed by atoms with van der Waals surface area (Å²) in [6.07, 6.45) is 0. The Hall–Kier alpha value is -4.03. The molecule has 0 bridgehead atoms. The van der Waals surface area contributed by atoms with E-state index in [9.17, 15) is 0 Å². The zero-order valence-corrected chi connectivity index (χ0v) is 25.1. The van der Waals surface area contributed by atoms with Crippen LogP contribution in [0.25, 0.3) is 21.5 Å². The molecule has 0 spiro atoms. The topological polar surface area (TPSA) is 0 Å². The summed E-state index contributed by atoms with van der Waals surface area (Å²) in [6.45, 7) is 0. The maximum atomic E-state index is 4.82.